The number of nitrogens with one attached hydrogen (secondary N) is 1. The molecule has 0 unspecified atom stereocenters. The van der Waals surface area contributed by atoms with Gasteiger partial charge in [0.25, 0.3) is 5.56 Å². The number of urea groups is 1. The lowest BCUT2D eigenvalue weighted by atomic mass is 9.97. The summed E-state index contributed by atoms with van der Waals surface area (Å²) in [6, 6.07) is 5.65. The Balaban J connectivity index is 1.62. The smallest absolute Gasteiger partial charge is 0.324 e. The molecule has 0 saturated carbocycles. The van der Waals surface area contributed by atoms with E-state index < -0.39 is 0 Å². The van der Waals surface area contributed by atoms with Crippen LogP contribution in [0.1, 0.15) is 34.4 Å². The van der Waals surface area contributed by atoms with E-state index in [-0.39, 0.29) is 23.3 Å². The van der Waals surface area contributed by atoms with E-state index in [1.165, 1.54) is 21.5 Å². The number of rotatable bonds is 4. The summed E-state index contributed by atoms with van der Waals surface area (Å²) in [5, 5.41) is 3.85. The molecule has 3 amide bonds. The molecule has 1 N–H and O–H groups in total. The predicted molar refractivity (Wildman–Crippen MR) is 127 cm³/mol. The number of fused-ring (bicyclic) bond motifs is 3. The minimum absolute atomic E-state index is 0.0429. The van der Waals surface area contributed by atoms with Gasteiger partial charge in [-0.2, -0.15) is 0 Å². The number of imide groups is 1. The van der Waals surface area contributed by atoms with Gasteiger partial charge in [-0.3, -0.25) is 19.1 Å². The van der Waals surface area contributed by atoms with Crippen molar-refractivity contribution in [2.75, 3.05) is 18.8 Å². The fraction of sp³-hybridized carbons (Fsp3) is 0.391. The van der Waals surface area contributed by atoms with Crippen molar-refractivity contribution in [3.63, 3.8) is 0 Å². The van der Waals surface area contributed by atoms with Crippen LogP contribution in [0, 0.1) is 13.8 Å². The lowest BCUT2D eigenvalue weighted by molar-refractivity contribution is -0.124. The van der Waals surface area contributed by atoms with E-state index in [4.69, 9.17) is 4.98 Å². The molecule has 3 aromatic rings. The molecule has 3 heterocycles. The first-order valence-electron chi connectivity index (χ1n) is 10.8. The third-order valence-corrected chi connectivity index (χ3v) is 8.01. The third-order valence-electron chi connectivity index (χ3n) is 5.91. The van der Waals surface area contributed by atoms with Crippen molar-refractivity contribution >= 4 is 45.3 Å². The molecule has 1 aromatic carbocycles. The van der Waals surface area contributed by atoms with E-state index in [9.17, 15) is 14.4 Å². The Labute approximate surface area is 193 Å². The summed E-state index contributed by atoms with van der Waals surface area (Å²) in [6.07, 6.45) is 4.13. The molecule has 9 heteroatoms. The Morgan fingerprint density at radius 1 is 1.16 bits per heavy atom. The molecule has 2 aliphatic rings. The van der Waals surface area contributed by atoms with Crippen LogP contribution in [0.2, 0.25) is 0 Å². The van der Waals surface area contributed by atoms with E-state index in [0.29, 0.717) is 18.2 Å². The van der Waals surface area contributed by atoms with Gasteiger partial charge in [0.15, 0.2) is 5.16 Å². The van der Waals surface area contributed by atoms with E-state index in [1.54, 1.807) is 15.9 Å². The maximum atomic E-state index is 13.8. The first kappa shape index (κ1) is 21.2. The SMILES string of the molecule is Cc1cc(C)cc(-n2c(SCC(=O)N3CCNC3=O)nc3sc4c(c3c2=O)CCCC4)c1. The van der Waals surface area contributed by atoms with Crippen LogP contribution in [-0.2, 0) is 17.6 Å². The average molecular weight is 469 g/mol. The lowest BCUT2D eigenvalue weighted by Gasteiger charge is -2.16. The molecule has 0 atom stereocenters. The van der Waals surface area contributed by atoms with Gasteiger partial charge in [-0.25, -0.2) is 9.78 Å². The Morgan fingerprint density at radius 2 is 1.91 bits per heavy atom. The van der Waals surface area contributed by atoms with Crippen molar-refractivity contribution in [1.29, 1.82) is 0 Å². The number of hydrogen-bond donors (Lipinski definition) is 1. The summed E-state index contributed by atoms with van der Waals surface area (Å²) in [6.45, 7) is 4.84. The van der Waals surface area contributed by atoms with Crippen LogP contribution >= 0.6 is 23.1 Å². The van der Waals surface area contributed by atoms with Gasteiger partial charge >= 0.3 is 6.03 Å². The summed E-state index contributed by atoms with van der Waals surface area (Å²) in [7, 11) is 0. The molecule has 1 saturated heterocycles. The molecule has 166 valence electrons. The normalized spacial score (nSPS) is 15.8. The zero-order chi connectivity index (χ0) is 22.4. The maximum Gasteiger partial charge on any atom is 0.324 e. The van der Waals surface area contributed by atoms with Crippen LogP contribution in [0.5, 0.6) is 0 Å². The van der Waals surface area contributed by atoms with Gasteiger partial charge in [0.2, 0.25) is 5.91 Å². The van der Waals surface area contributed by atoms with Crippen LogP contribution < -0.4 is 10.9 Å². The van der Waals surface area contributed by atoms with Crippen molar-refractivity contribution < 1.29 is 9.59 Å². The zero-order valence-electron chi connectivity index (χ0n) is 18.1. The molecule has 1 aliphatic heterocycles. The molecule has 1 fully saturated rings. The first-order valence-corrected chi connectivity index (χ1v) is 12.6. The number of aromatic nitrogens is 2. The number of thioether (sulfide) groups is 1. The Kier molecular flexibility index (Phi) is 5.54. The Bertz CT molecular complexity index is 1290. The average Bonchev–Trinajstić information content (AvgIpc) is 3.34. The number of nitrogens with zero attached hydrogens (tertiary/aromatic N) is 3. The highest BCUT2D eigenvalue weighted by Gasteiger charge is 2.27. The molecule has 5 rings (SSSR count). The fourth-order valence-electron chi connectivity index (χ4n) is 4.50. The second kappa shape index (κ2) is 8.37. The summed E-state index contributed by atoms with van der Waals surface area (Å²) in [5.41, 5.74) is 3.94. The molecule has 0 bridgehead atoms. The number of hydrogen-bond acceptors (Lipinski definition) is 6. The number of carbonyl (C=O) groups is 2. The number of thiophene rings is 1. The molecule has 0 spiro atoms. The third kappa shape index (κ3) is 3.73. The molecule has 1 aliphatic carbocycles. The van der Waals surface area contributed by atoms with Crippen molar-refractivity contribution in [3.05, 3.63) is 50.1 Å². The van der Waals surface area contributed by atoms with E-state index in [0.717, 1.165) is 58.3 Å². The number of amides is 3. The molecular weight excluding hydrogens is 444 g/mol. The van der Waals surface area contributed by atoms with E-state index in [2.05, 4.69) is 11.4 Å². The van der Waals surface area contributed by atoms with Gasteiger partial charge in [0, 0.05) is 18.0 Å². The molecule has 0 radical (unpaired) electrons. The van der Waals surface area contributed by atoms with Crippen molar-refractivity contribution in [2.45, 2.75) is 44.7 Å². The van der Waals surface area contributed by atoms with Gasteiger partial charge in [-0.15, -0.1) is 11.3 Å². The standard InChI is InChI=1S/C23H24N4O3S2/c1-13-9-14(2)11-15(10-13)27-21(29)19-16-5-3-4-6-17(16)32-20(19)25-23(27)31-12-18(28)26-8-7-24-22(26)30/h9-11H,3-8,12H2,1-2H3,(H,24,30). The fourth-order valence-corrected chi connectivity index (χ4v) is 6.70. The number of carbonyl (C=O) groups excluding carboxylic acids is 2. The minimum atomic E-state index is -0.364. The monoisotopic (exact) mass is 468 g/mol. The Morgan fingerprint density at radius 3 is 2.62 bits per heavy atom. The summed E-state index contributed by atoms with van der Waals surface area (Å²) in [4.78, 5) is 46.4. The van der Waals surface area contributed by atoms with Gasteiger partial charge < -0.3 is 5.32 Å². The minimum Gasteiger partial charge on any atom is -0.336 e. The highest BCUT2D eigenvalue weighted by molar-refractivity contribution is 7.99. The molecule has 32 heavy (non-hydrogen) atoms. The summed E-state index contributed by atoms with van der Waals surface area (Å²) >= 11 is 2.81. The maximum absolute atomic E-state index is 13.8. The van der Waals surface area contributed by atoms with Crippen molar-refractivity contribution in [2.24, 2.45) is 0 Å². The van der Waals surface area contributed by atoms with Crippen LogP contribution in [0.25, 0.3) is 15.9 Å². The summed E-state index contributed by atoms with van der Waals surface area (Å²) < 4.78 is 1.64. The van der Waals surface area contributed by atoms with Crippen molar-refractivity contribution in [3.8, 4) is 5.69 Å². The second-order valence-corrected chi connectivity index (χ2v) is 10.4. The topological polar surface area (TPSA) is 84.3 Å². The van der Waals surface area contributed by atoms with Crippen LogP contribution in [0.15, 0.2) is 28.2 Å². The molecule has 7 nitrogen and oxygen atoms in total. The highest BCUT2D eigenvalue weighted by atomic mass is 32.2. The lowest BCUT2D eigenvalue weighted by Crippen LogP contribution is -2.35. The quantitative estimate of drug-likeness (QED) is 0.467. The summed E-state index contributed by atoms with van der Waals surface area (Å²) in [5.74, 6) is -0.238. The highest BCUT2D eigenvalue weighted by Crippen LogP contribution is 2.35. The van der Waals surface area contributed by atoms with Gasteiger partial charge in [0.05, 0.1) is 16.8 Å². The second-order valence-electron chi connectivity index (χ2n) is 8.34. The molecular formula is C23H24N4O3S2. The number of benzene rings is 1. The first-order chi connectivity index (χ1) is 15.4. The van der Waals surface area contributed by atoms with E-state index in [1.807, 2.05) is 26.0 Å². The zero-order valence-corrected chi connectivity index (χ0v) is 19.7. The van der Waals surface area contributed by atoms with Gasteiger partial charge in [0.1, 0.15) is 4.83 Å². The largest absolute Gasteiger partial charge is 0.336 e. The Hall–Kier alpha value is -2.65. The number of aryl methyl sites for hydroxylation is 4. The van der Waals surface area contributed by atoms with Crippen molar-refractivity contribution in [1.82, 2.24) is 19.8 Å². The van der Waals surface area contributed by atoms with Gasteiger partial charge in [-0.05, 0) is 68.4 Å². The molecule has 2 aromatic heterocycles. The van der Waals surface area contributed by atoms with Crippen LogP contribution in [-0.4, -0.2) is 45.2 Å². The van der Waals surface area contributed by atoms with Crippen LogP contribution in [0.4, 0.5) is 4.79 Å². The van der Waals surface area contributed by atoms with Gasteiger partial charge in [-0.1, -0.05) is 17.8 Å². The van der Waals surface area contributed by atoms with Crippen LogP contribution in [0.3, 0.4) is 0 Å². The van der Waals surface area contributed by atoms with E-state index >= 15 is 0 Å². The predicted octanol–water partition coefficient (Wildman–Crippen LogP) is 3.59.